The summed E-state index contributed by atoms with van der Waals surface area (Å²) in [7, 11) is 0. The molecule has 2 amide bonds. The van der Waals surface area contributed by atoms with Crippen LogP contribution in [-0.2, 0) is 11.3 Å². The number of nitrogens with zero attached hydrogens (tertiary/aromatic N) is 5. The highest BCUT2D eigenvalue weighted by atomic mass is 35.5. The summed E-state index contributed by atoms with van der Waals surface area (Å²) >= 11 is 12.8. The number of aliphatic hydroxyl groups excluding tert-OH is 3. The van der Waals surface area contributed by atoms with Gasteiger partial charge in [0, 0.05) is 47.7 Å². The number of carbonyl (C=O) groups is 1. The second-order valence-electron chi connectivity index (χ2n) is 12.6. The maximum Gasteiger partial charge on any atom is 0.315 e. The molecule has 4 atom stereocenters. The van der Waals surface area contributed by atoms with Gasteiger partial charge in [0.25, 0.3) is 0 Å². The van der Waals surface area contributed by atoms with E-state index < -0.39 is 31.1 Å². The molecule has 2 aromatic heterocycles. The van der Waals surface area contributed by atoms with Crippen LogP contribution in [0.2, 0.25) is 10.0 Å². The number of aliphatic hydroxyl groups is 3. The van der Waals surface area contributed by atoms with Crippen molar-refractivity contribution in [3.63, 3.8) is 0 Å². The molecule has 0 radical (unpaired) electrons. The minimum atomic E-state index is -1.35. The van der Waals surface area contributed by atoms with Crippen LogP contribution in [0.15, 0.2) is 54.9 Å². The molecule has 15 heteroatoms. The van der Waals surface area contributed by atoms with Gasteiger partial charge in [-0.3, -0.25) is 9.47 Å². The van der Waals surface area contributed by atoms with Crippen LogP contribution < -0.4 is 16.0 Å². The van der Waals surface area contributed by atoms with Crippen LogP contribution in [0, 0.1) is 0 Å². The Hall–Kier alpha value is -3.56. The van der Waals surface area contributed by atoms with Crippen molar-refractivity contribution in [1.82, 2.24) is 35.1 Å². The first kappa shape index (κ1) is 36.7. The summed E-state index contributed by atoms with van der Waals surface area (Å²) in [5.74, 6) is 0.464. The number of aromatic nitrogens is 4. The Labute approximate surface area is 295 Å². The highest BCUT2D eigenvalue weighted by Crippen LogP contribution is 2.33. The summed E-state index contributed by atoms with van der Waals surface area (Å²) in [5.41, 5.74) is 2.59. The lowest BCUT2D eigenvalue weighted by Crippen LogP contribution is -2.44. The second-order valence-corrected chi connectivity index (χ2v) is 13.5. The molecule has 264 valence electrons. The highest BCUT2D eigenvalue weighted by Gasteiger charge is 2.44. The summed E-state index contributed by atoms with van der Waals surface area (Å²) < 4.78 is 7.28. The monoisotopic (exact) mass is 714 g/mol. The first-order chi connectivity index (χ1) is 23.5. The smallest absolute Gasteiger partial charge is 0.315 e. The predicted molar refractivity (Wildman–Crippen MR) is 189 cm³/mol. The number of carbonyl (C=O) groups excluding carboxylic acids is 1. The van der Waals surface area contributed by atoms with Crippen molar-refractivity contribution in [2.45, 2.75) is 76.8 Å². The number of amides is 2. The number of rotatable bonds is 14. The molecule has 6 N–H and O–H groups in total. The minimum absolute atomic E-state index is 0.0122. The van der Waals surface area contributed by atoms with Gasteiger partial charge in [-0.15, -0.1) is 0 Å². The van der Waals surface area contributed by atoms with Crippen molar-refractivity contribution < 1.29 is 24.9 Å². The summed E-state index contributed by atoms with van der Waals surface area (Å²) in [6, 6.07) is 15.5. The van der Waals surface area contributed by atoms with E-state index >= 15 is 0 Å². The standard InChI is InChI=1S/C34H44Cl2N8O5/c1-19(2)43(20(3)4)12-11-37-34(48)39-16-27-41-31(28-32(42-27)44(18-40-28)33-30(47)29(46)26(17-45)49-33)38-15-25(21-7-5-9-23(35)13-21)22-8-6-10-24(36)14-22/h5-10,13-14,18-20,25-26,29-30,33,45-47H,11-12,15-17H2,1-4H3,(H2,37,39,48)(H,38,41,42). The number of halogens is 2. The maximum absolute atomic E-state index is 12.8. The van der Waals surface area contributed by atoms with Crippen LogP contribution in [0.1, 0.15) is 56.8 Å². The SMILES string of the molecule is CC(C)N(CCNC(=O)NCc1nc(NCC(c2cccc(Cl)c2)c2cccc(Cl)c2)c2ncn(C3OC(CO)C(O)C3O)c2n1)C(C)C. The van der Waals surface area contributed by atoms with Gasteiger partial charge in [0.2, 0.25) is 0 Å². The number of ether oxygens (including phenoxy) is 1. The number of hydrogen-bond acceptors (Lipinski definition) is 10. The number of anilines is 1. The lowest BCUT2D eigenvalue weighted by Gasteiger charge is -2.30. The summed E-state index contributed by atoms with van der Waals surface area (Å²) in [6.07, 6.45) is -3.27. The largest absolute Gasteiger partial charge is 0.394 e. The van der Waals surface area contributed by atoms with Gasteiger partial charge < -0.3 is 36.0 Å². The van der Waals surface area contributed by atoms with Gasteiger partial charge in [0.15, 0.2) is 29.0 Å². The van der Waals surface area contributed by atoms with Gasteiger partial charge in [0.1, 0.15) is 18.3 Å². The van der Waals surface area contributed by atoms with E-state index in [1.165, 1.54) is 10.9 Å². The number of urea groups is 1. The predicted octanol–water partition coefficient (Wildman–Crippen LogP) is 3.91. The molecule has 49 heavy (non-hydrogen) atoms. The van der Waals surface area contributed by atoms with Crippen molar-refractivity contribution in [2.75, 3.05) is 31.6 Å². The molecule has 1 fully saturated rings. The molecule has 1 aliphatic heterocycles. The van der Waals surface area contributed by atoms with Gasteiger partial charge in [-0.25, -0.2) is 19.7 Å². The van der Waals surface area contributed by atoms with E-state index in [0.717, 1.165) is 11.1 Å². The maximum atomic E-state index is 12.8. The first-order valence-electron chi connectivity index (χ1n) is 16.3. The topological polar surface area (TPSA) is 170 Å². The van der Waals surface area contributed by atoms with Gasteiger partial charge in [0.05, 0.1) is 19.5 Å². The summed E-state index contributed by atoms with van der Waals surface area (Å²) in [5, 5.41) is 41.2. The molecule has 0 bridgehead atoms. The van der Waals surface area contributed by atoms with Crippen LogP contribution in [0.5, 0.6) is 0 Å². The van der Waals surface area contributed by atoms with Crippen molar-refractivity contribution in [2.24, 2.45) is 0 Å². The van der Waals surface area contributed by atoms with Crippen molar-refractivity contribution in [1.29, 1.82) is 0 Å². The number of imidazole rings is 1. The Morgan fingerprint density at radius 1 is 0.980 bits per heavy atom. The van der Waals surface area contributed by atoms with E-state index in [4.69, 9.17) is 32.9 Å². The first-order valence-corrected chi connectivity index (χ1v) is 17.1. The summed E-state index contributed by atoms with van der Waals surface area (Å²) in [4.78, 5) is 29.0. The fourth-order valence-corrected chi connectivity index (χ4v) is 6.56. The third kappa shape index (κ3) is 8.79. The highest BCUT2D eigenvalue weighted by molar-refractivity contribution is 6.31. The van der Waals surface area contributed by atoms with E-state index in [9.17, 15) is 20.1 Å². The number of nitrogens with one attached hydrogen (secondary N) is 3. The van der Waals surface area contributed by atoms with Gasteiger partial charge in [-0.1, -0.05) is 47.5 Å². The zero-order valence-corrected chi connectivity index (χ0v) is 29.4. The number of hydrogen-bond donors (Lipinski definition) is 6. The normalized spacial score (nSPS) is 19.4. The molecule has 0 aliphatic carbocycles. The fraction of sp³-hybridized carbons (Fsp3) is 0.471. The van der Waals surface area contributed by atoms with E-state index in [1.807, 2.05) is 48.5 Å². The van der Waals surface area contributed by atoms with E-state index in [-0.39, 0.29) is 24.3 Å². The van der Waals surface area contributed by atoms with Crippen LogP contribution in [0.3, 0.4) is 0 Å². The Kier molecular flexibility index (Phi) is 12.3. The Balaban J connectivity index is 1.42. The minimum Gasteiger partial charge on any atom is -0.394 e. The zero-order chi connectivity index (χ0) is 35.2. The number of fused-ring (bicyclic) bond motifs is 1. The van der Waals surface area contributed by atoms with E-state index in [2.05, 4.69) is 58.5 Å². The summed E-state index contributed by atoms with van der Waals surface area (Å²) in [6.45, 7) is 9.52. The molecular weight excluding hydrogens is 671 g/mol. The molecule has 2 aromatic carbocycles. The van der Waals surface area contributed by atoms with E-state index in [1.54, 1.807) is 0 Å². The quantitative estimate of drug-likeness (QED) is 0.113. The second kappa shape index (κ2) is 16.4. The average Bonchev–Trinajstić information content (AvgIpc) is 3.61. The van der Waals surface area contributed by atoms with Gasteiger partial charge in [-0.05, 0) is 63.1 Å². The molecule has 0 spiro atoms. The van der Waals surface area contributed by atoms with Crippen LogP contribution in [0.4, 0.5) is 10.6 Å². The fourth-order valence-electron chi connectivity index (χ4n) is 6.17. The van der Waals surface area contributed by atoms with Crippen molar-refractivity contribution >= 4 is 46.2 Å². The molecule has 5 rings (SSSR count). The van der Waals surface area contributed by atoms with Crippen molar-refractivity contribution in [3.05, 3.63) is 81.9 Å². The molecule has 1 saturated heterocycles. The van der Waals surface area contributed by atoms with E-state index in [0.29, 0.717) is 58.7 Å². The molecule has 3 heterocycles. The molecular formula is C34H44Cl2N8O5. The molecule has 0 saturated carbocycles. The molecule has 4 unspecified atom stereocenters. The lowest BCUT2D eigenvalue weighted by atomic mass is 9.91. The average molecular weight is 716 g/mol. The Morgan fingerprint density at radius 2 is 1.63 bits per heavy atom. The van der Waals surface area contributed by atoms with Crippen molar-refractivity contribution in [3.8, 4) is 0 Å². The molecule has 4 aromatic rings. The van der Waals surface area contributed by atoms with Crippen LogP contribution in [-0.4, -0.2) is 102 Å². The van der Waals surface area contributed by atoms with Crippen LogP contribution >= 0.6 is 23.2 Å². The zero-order valence-electron chi connectivity index (χ0n) is 27.9. The third-order valence-corrected chi connectivity index (χ3v) is 9.09. The Morgan fingerprint density at radius 3 is 2.20 bits per heavy atom. The van der Waals surface area contributed by atoms with Gasteiger partial charge in [-0.2, -0.15) is 0 Å². The lowest BCUT2D eigenvalue weighted by molar-refractivity contribution is -0.0511. The Bertz CT molecular complexity index is 1670. The third-order valence-electron chi connectivity index (χ3n) is 8.62. The number of benzene rings is 2. The molecule has 13 nitrogen and oxygen atoms in total. The molecule has 1 aliphatic rings. The van der Waals surface area contributed by atoms with Gasteiger partial charge >= 0.3 is 6.03 Å². The van der Waals surface area contributed by atoms with Crippen LogP contribution in [0.25, 0.3) is 11.2 Å².